The lowest BCUT2D eigenvalue weighted by molar-refractivity contribution is 0.0900. The molecule has 0 heterocycles. The zero-order chi connectivity index (χ0) is 13.5. The van der Waals surface area contributed by atoms with E-state index in [2.05, 4.69) is 4.74 Å². The van der Waals surface area contributed by atoms with Crippen molar-refractivity contribution < 1.29 is 27.8 Å². The smallest absolute Gasteiger partial charge is 0.450 e. The molecule has 6 heteroatoms. The van der Waals surface area contributed by atoms with Gasteiger partial charge in [0.2, 0.25) is 0 Å². The van der Waals surface area contributed by atoms with E-state index in [4.69, 9.17) is 5.11 Å². The minimum Gasteiger partial charge on any atom is -0.450 e. The summed E-state index contributed by atoms with van der Waals surface area (Å²) in [5, 5.41) is 8.19. The van der Waals surface area contributed by atoms with E-state index in [-0.39, 0.29) is 18.6 Å². The fourth-order valence-corrected chi connectivity index (χ4v) is 1.55. The first-order valence-corrected chi connectivity index (χ1v) is 5.50. The van der Waals surface area contributed by atoms with Crippen molar-refractivity contribution in [3.05, 3.63) is 35.1 Å². The van der Waals surface area contributed by atoms with Crippen molar-refractivity contribution in [2.24, 2.45) is 0 Å². The summed E-state index contributed by atoms with van der Waals surface area (Å²) in [6, 6.07) is 1.29. The topological polar surface area (TPSA) is 46.5 Å². The Morgan fingerprint density at radius 2 is 1.72 bits per heavy atom. The molecule has 0 aliphatic heterocycles. The maximum atomic E-state index is 13.2. The molecular weight excluding hydrogens is 249 g/mol. The van der Waals surface area contributed by atoms with Gasteiger partial charge in [0.05, 0.1) is 6.61 Å². The lowest BCUT2D eigenvalue weighted by Crippen LogP contribution is -2.02. The van der Waals surface area contributed by atoms with E-state index in [1.165, 1.54) is 0 Å². The highest BCUT2D eigenvalue weighted by molar-refractivity contribution is 5.56. The summed E-state index contributed by atoms with van der Waals surface area (Å²) in [6.07, 6.45) is 0.332. The molecule has 1 rings (SSSR count). The Balaban J connectivity index is 2.33. The molecule has 0 aliphatic carbocycles. The van der Waals surface area contributed by atoms with Crippen molar-refractivity contribution in [3.8, 4) is 0 Å². The van der Waals surface area contributed by atoms with Crippen LogP contribution >= 0.6 is 0 Å². The quantitative estimate of drug-likeness (QED) is 0.630. The molecule has 100 valence electrons. The average molecular weight is 262 g/mol. The molecule has 0 aromatic heterocycles. The summed E-state index contributed by atoms with van der Waals surface area (Å²) in [5.74, 6) is -2.73. The van der Waals surface area contributed by atoms with Gasteiger partial charge in [-0.05, 0) is 25.7 Å². The van der Waals surface area contributed by atoms with Crippen LogP contribution in [0.25, 0.3) is 0 Å². The van der Waals surface area contributed by atoms with Gasteiger partial charge < -0.3 is 9.84 Å². The first kappa shape index (κ1) is 14.3. The molecular formula is C12H13F3O3. The summed E-state index contributed by atoms with van der Waals surface area (Å²) in [4.78, 5) is 10.0. The van der Waals surface area contributed by atoms with Crippen molar-refractivity contribution in [1.29, 1.82) is 0 Å². The highest BCUT2D eigenvalue weighted by Crippen LogP contribution is 2.17. The predicted molar refractivity (Wildman–Crippen MR) is 57.8 cm³/mol. The third-order valence-electron chi connectivity index (χ3n) is 2.40. The molecule has 0 amide bonds. The van der Waals surface area contributed by atoms with E-state index < -0.39 is 23.6 Å². The zero-order valence-corrected chi connectivity index (χ0v) is 9.59. The standard InChI is InChI=1S/C12H13F3O3/c13-8-6-10(14)9(11(15)7-8)4-2-1-3-5-18-12(16)17/h6-7H,1-5H2,(H,16,17). The molecule has 3 nitrogen and oxygen atoms in total. The van der Waals surface area contributed by atoms with Crippen LogP contribution in [0, 0.1) is 17.5 Å². The Morgan fingerprint density at radius 1 is 1.11 bits per heavy atom. The van der Waals surface area contributed by atoms with Crippen molar-refractivity contribution in [1.82, 2.24) is 0 Å². The number of benzene rings is 1. The summed E-state index contributed by atoms with van der Waals surface area (Å²) in [5.41, 5.74) is -0.143. The van der Waals surface area contributed by atoms with E-state index in [0.29, 0.717) is 31.4 Å². The highest BCUT2D eigenvalue weighted by Gasteiger charge is 2.10. The molecule has 1 aromatic carbocycles. The van der Waals surface area contributed by atoms with Gasteiger partial charge in [-0.2, -0.15) is 0 Å². The number of hydrogen-bond acceptors (Lipinski definition) is 2. The lowest BCUT2D eigenvalue weighted by Gasteiger charge is -2.05. The molecule has 0 saturated carbocycles. The number of rotatable bonds is 6. The van der Waals surface area contributed by atoms with Gasteiger partial charge in [-0.1, -0.05) is 0 Å². The van der Waals surface area contributed by atoms with Gasteiger partial charge in [0.25, 0.3) is 0 Å². The number of carboxylic acid groups (broad SMARTS) is 1. The number of halogens is 3. The fraction of sp³-hybridized carbons (Fsp3) is 0.417. The second-order valence-electron chi connectivity index (χ2n) is 3.77. The number of hydrogen-bond donors (Lipinski definition) is 1. The second-order valence-corrected chi connectivity index (χ2v) is 3.77. The van der Waals surface area contributed by atoms with E-state index in [1.807, 2.05) is 0 Å². The number of unbranched alkanes of at least 4 members (excludes halogenated alkanes) is 2. The molecule has 0 atom stereocenters. The molecule has 0 unspecified atom stereocenters. The Kier molecular flexibility index (Phi) is 5.48. The van der Waals surface area contributed by atoms with Crippen molar-refractivity contribution in [2.45, 2.75) is 25.7 Å². The van der Waals surface area contributed by atoms with E-state index in [9.17, 15) is 18.0 Å². The van der Waals surface area contributed by atoms with E-state index in [1.54, 1.807) is 0 Å². The van der Waals surface area contributed by atoms with Crippen LogP contribution in [0.2, 0.25) is 0 Å². The Hall–Kier alpha value is -1.72. The Labute approximate surface area is 102 Å². The highest BCUT2D eigenvalue weighted by atomic mass is 19.1. The molecule has 1 aromatic rings. The van der Waals surface area contributed by atoms with Gasteiger partial charge >= 0.3 is 6.16 Å². The van der Waals surface area contributed by atoms with Crippen LogP contribution in [-0.2, 0) is 11.2 Å². The maximum Gasteiger partial charge on any atom is 0.505 e. The van der Waals surface area contributed by atoms with Gasteiger partial charge in [0.1, 0.15) is 17.5 Å². The maximum absolute atomic E-state index is 13.2. The lowest BCUT2D eigenvalue weighted by atomic mass is 10.1. The first-order chi connectivity index (χ1) is 8.50. The summed E-state index contributed by atoms with van der Waals surface area (Å²) < 4.78 is 43.3. The minimum absolute atomic E-state index is 0.0592. The van der Waals surface area contributed by atoms with Crippen molar-refractivity contribution in [2.75, 3.05) is 6.61 Å². The van der Waals surface area contributed by atoms with Crippen LogP contribution < -0.4 is 0 Å². The number of ether oxygens (including phenoxy) is 1. The monoisotopic (exact) mass is 262 g/mol. The van der Waals surface area contributed by atoms with E-state index >= 15 is 0 Å². The molecule has 0 aliphatic rings. The molecule has 1 N–H and O–H groups in total. The van der Waals surface area contributed by atoms with Crippen LogP contribution in [-0.4, -0.2) is 17.9 Å². The number of carbonyl (C=O) groups is 1. The van der Waals surface area contributed by atoms with Gasteiger partial charge in [0.15, 0.2) is 0 Å². The average Bonchev–Trinajstić information content (AvgIpc) is 2.25. The first-order valence-electron chi connectivity index (χ1n) is 5.50. The van der Waals surface area contributed by atoms with Gasteiger partial charge in [-0.3, -0.25) is 0 Å². The Bertz CT molecular complexity index is 398. The molecule has 0 fully saturated rings. The van der Waals surface area contributed by atoms with Crippen LogP contribution in [0.15, 0.2) is 12.1 Å². The zero-order valence-electron chi connectivity index (χ0n) is 9.59. The predicted octanol–water partition coefficient (Wildman–Crippen LogP) is 3.51. The van der Waals surface area contributed by atoms with Crippen LogP contribution in [0.3, 0.4) is 0 Å². The normalized spacial score (nSPS) is 10.4. The van der Waals surface area contributed by atoms with Gasteiger partial charge in [-0.15, -0.1) is 0 Å². The molecule has 0 radical (unpaired) electrons. The second kappa shape index (κ2) is 6.88. The fourth-order valence-electron chi connectivity index (χ4n) is 1.55. The summed E-state index contributed by atoms with van der Waals surface area (Å²) in [6.45, 7) is 0.0592. The molecule has 18 heavy (non-hydrogen) atoms. The SMILES string of the molecule is O=C(O)OCCCCCc1c(F)cc(F)cc1F. The van der Waals surface area contributed by atoms with Crippen LogP contribution in [0.4, 0.5) is 18.0 Å². The van der Waals surface area contributed by atoms with Crippen molar-refractivity contribution >= 4 is 6.16 Å². The molecule has 0 spiro atoms. The van der Waals surface area contributed by atoms with Crippen LogP contribution in [0.5, 0.6) is 0 Å². The van der Waals surface area contributed by atoms with Crippen LogP contribution in [0.1, 0.15) is 24.8 Å². The molecule has 0 bridgehead atoms. The van der Waals surface area contributed by atoms with Gasteiger partial charge in [-0.25, -0.2) is 18.0 Å². The van der Waals surface area contributed by atoms with E-state index in [0.717, 1.165) is 0 Å². The minimum atomic E-state index is -1.34. The third kappa shape index (κ3) is 4.65. The molecule has 0 saturated heterocycles. The third-order valence-corrected chi connectivity index (χ3v) is 2.40. The van der Waals surface area contributed by atoms with Gasteiger partial charge in [0, 0.05) is 17.7 Å². The summed E-state index contributed by atoms with van der Waals surface area (Å²) >= 11 is 0. The largest absolute Gasteiger partial charge is 0.505 e. The van der Waals surface area contributed by atoms with Crippen molar-refractivity contribution in [3.63, 3.8) is 0 Å². The summed E-state index contributed by atoms with van der Waals surface area (Å²) in [7, 11) is 0. The Morgan fingerprint density at radius 3 is 2.28 bits per heavy atom.